The van der Waals surface area contributed by atoms with Gasteiger partial charge in [0, 0.05) is 5.69 Å². The molecule has 0 bridgehead atoms. The van der Waals surface area contributed by atoms with Gasteiger partial charge in [-0.2, -0.15) is 0 Å². The van der Waals surface area contributed by atoms with Gasteiger partial charge in [-0.25, -0.2) is 0 Å². The minimum absolute atomic E-state index is 0.248. The van der Waals surface area contributed by atoms with Gasteiger partial charge >= 0.3 is 0 Å². The molecule has 0 aliphatic rings. The van der Waals surface area contributed by atoms with Gasteiger partial charge in [0.15, 0.2) is 5.76 Å². The van der Waals surface area contributed by atoms with E-state index in [0.717, 1.165) is 17.1 Å². The van der Waals surface area contributed by atoms with E-state index in [0.29, 0.717) is 0 Å². The van der Waals surface area contributed by atoms with Crippen molar-refractivity contribution in [1.82, 2.24) is 5.16 Å². The molecule has 0 aliphatic heterocycles. The van der Waals surface area contributed by atoms with E-state index >= 15 is 0 Å². The van der Waals surface area contributed by atoms with Crippen LogP contribution < -0.4 is 5.32 Å². The van der Waals surface area contributed by atoms with E-state index in [1.807, 2.05) is 6.92 Å². The lowest BCUT2D eigenvalue weighted by molar-refractivity contribution is 0.398. The van der Waals surface area contributed by atoms with Crippen molar-refractivity contribution in [3.8, 4) is 5.75 Å². The lowest BCUT2D eigenvalue weighted by Gasteiger charge is -2.03. The third kappa shape index (κ3) is 1.69. The van der Waals surface area contributed by atoms with E-state index < -0.39 is 0 Å². The number of rotatable bonds is 2. The molecule has 4 heteroatoms. The van der Waals surface area contributed by atoms with Gasteiger partial charge in [-0.1, -0.05) is 5.16 Å². The maximum Gasteiger partial charge on any atom is 0.157 e. The van der Waals surface area contributed by atoms with Crippen LogP contribution in [-0.4, -0.2) is 10.3 Å². The Bertz CT molecular complexity index is 420. The third-order valence-electron chi connectivity index (χ3n) is 1.90. The molecule has 0 spiro atoms. The molecule has 72 valence electrons. The summed E-state index contributed by atoms with van der Waals surface area (Å²) in [5, 5.41) is 15.8. The summed E-state index contributed by atoms with van der Waals surface area (Å²) in [6.07, 6.45) is 1.61. The molecule has 1 heterocycles. The normalized spacial score (nSPS) is 10.1. The molecule has 2 N–H and O–H groups in total. The minimum Gasteiger partial charge on any atom is -0.508 e. The van der Waals surface area contributed by atoms with E-state index in [2.05, 4.69) is 10.5 Å². The van der Waals surface area contributed by atoms with Gasteiger partial charge < -0.3 is 14.9 Å². The van der Waals surface area contributed by atoms with E-state index in [4.69, 9.17) is 9.63 Å². The number of nitrogens with zero attached hydrogens (tertiary/aromatic N) is 1. The van der Waals surface area contributed by atoms with Crippen LogP contribution in [-0.2, 0) is 0 Å². The third-order valence-corrected chi connectivity index (χ3v) is 1.90. The van der Waals surface area contributed by atoms with Crippen LogP contribution in [0.5, 0.6) is 5.75 Å². The number of aromatic hydroxyl groups is 1. The van der Waals surface area contributed by atoms with Gasteiger partial charge in [0.05, 0.1) is 6.20 Å². The second-order valence-electron chi connectivity index (χ2n) is 2.97. The van der Waals surface area contributed by atoms with E-state index in [1.165, 1.54) is 0 Å². The van der Waals surface area contributed by atoms with Crippen LogP contribution in [0.4, 0.5) is 11.4 Å². The highest BCUT2D eigenvalue weighted by atomic mass is 16.5. The summed E-state index contributed by atoms with van der Waals surface area (Å²) in [5.41, 5.74) is 1.71. The Balaban J connectivity index is 2.19. The van der Waals surface area contributed by atoms with Crippen LogP contribution in [0.15, 0.2) is 35.0 Å². The quantitative estimate of drug-likeness (QED) is 0.714. The van der Waals surface area contributed by atoms with E-state index in [-0.39, 0.29) is 5.75 Å². The second-order valence-corrected chi connectivity index (χ2v) is 2.97. The largest absolute Gasteiger partial charge is 0.508 e. The number of hydrogen-bond acceptors (Lipinski definition) is 4. The fourth-order valence-electron chi connectivity index (χ4n) is 1.12. The first-order valence-corrected chi connectivity index (χ1v) is 4.23. The van der Waals surface area contributed by atoms with Crippen molar-refractivity contribution in [2.75, 3.05) is 5.32 Å². The van der Waals surface area contributed by atoms with Crippen molar-refractivity contribution < 1.29 is 9.63 Å². The van der Waals surface area contributed by atoms with Crippen molar-refractivity contribution in [2.24, 2.45) is 0 Å². The highest BCUT2D eigenvalue weighted by molar-refractivity contribution is 5.60. The molecule has 1 aromatic carbocycles. The molecule has 2 aromatic rings. The number of benzene rings is 1. The smallest absolute Gasteiger partial charge is 0.157 e. The predicted octanol–water partition coefficient (Wildman–Crippen LogP) is 2.43. The number of anilines is 2. The fourth-order valence-corrected chi connectivity index (χ4v) is 1.12. The summed E-state index contributed by atoms with van der Waals surface area (Å²) in [4.78, 5) is 0. The molecule has 1 aromatic heterocycles. The van der Waals surface area contributed by atoms with Gasteiger partial charge in [-0.3, -0.25) is 0 Å². The highest BCUT2D eigenvalue weighted by Crippen LogP contribution is 2.21. The molecule has 0 aliphatic carbocycles. The lowest BCUT2D eigenvalue weighted by atomic mass is 10.3. The van der Waals surface area contributed by atoms with Gasteiger partial charge in [0.1, 0.15) is 11.4 Å². The van der Waals surface area contributed by atoms with E-state index in [9.17, 15) is 0 Å². The Hall–Kier alpha value is -1.97. The Morgan fingerprint density at radius 2 is 2.00 bits per heavy atom. The summed E-state index contributed by atoms with van der Waals surface area (Å²) < 4.78 is 4.90. The number of nitrogens with one attached hydrogen (secondary N) is 1. The van der Waals surface area contributed by atoms with Crippen molar-refractivity contribution >= 4 is 11.4 Å². The van der Waals surface area contributed by atoms with Crippen molar-refractivity contribution in [1.29, 1.82) is 0 Å². The summed E-state index contributed by atoms with van der Waals surface area (Å²) in [7, 11) is 0. The zero-order chi connectivity index (χ0) is 9.97. The second kappa shape index (κ2) is 3.41. The Morgan fingerprint density at radius 3 is 2.57 bits per heavy atom. The van der Waals surface area contributed by atoms with Crippen molar-refractivity contribution in [3.05, 3.63) is 36.2 Å². The summed E-state index contributed by atoms with van der Waals surface area (Å²) in [6, 6.07) is 6.79. The van der Waals surface area contributed by atoms with Crippen LogP contribution in [0.25, 0.3) is 0 Å². The van der Waals surface area contributed by atoms with Crippen LogP contribution in [0.3, 0.4) is 0 Å². The highest BCUT2D eigenvalue weighted by Gasteiger charge is 2.02. The summed E-state index contributed by atoms with van der Waals surface area (Å²) in [6.45, 7) is 1.83. The Kier molecular flexibility index (Phi) is 2.10. The predicted molar refractivity (Wildman–Crippen MR) is 52.6 cm³/mol. The molecule has 0 unspecified atom stereocenters. The number of hydrogen-bond donors (Lipinski definition) is 2. The number of phenolic OH excluding ortho intramolecular Hbond substituents is 1. The topological polar surface area (TPSA) is 58.3 Å². The van der Waals surface area contributed by atoms with Gasteiger partial charge in [-0.15, -0.1) is 0 Å². The first-order chi connectivity index (χ1) is 6.75. The zero-order valence-electron chi connectivity index (χ0n) is 7.69. The Labute approximate surface area is 81.2 Å². The minimum atomic E-state index is 0.248. The molecule has 0 amide bonds. The first-order valence-electron chi connectivity index (χ1n) is 4.23. The Morgan fingerprint density at radius 1 is 1.29 bits per heavy atom. The SMILES string of the molecule is Cc1oncc1Nc1ccc(O)cc1. The van der Waals surface area contributed by atoms with Crippen LogP contribution in [0.1, 0.15) is 5.76 Å². The van der Waals surface area contributed by atoms with Crippen molar-refractivity contribution in [2.45, 2.75) is 6.92 Å². The standard InChI is InChI=1S/C10H10N2O2/c1-7-10(6-11-14-7)12-8-2-4-9(13)5-3-8/h2-6,12-13H,1H3. The molecule has 0 radical (unpaired) electrons. The monoisotopic (exact) mass is 190 g/mol. The molecule has 0 fully saturated rings. The van der Waals surface area contributed by atoms with Crippen LogP contribution >= 0.6 is 0 Å². The molecule has 4 nitrogen and oxygen atoms in total. The van der Waals surface area contributed by atoms with E-state index in [1.54, 1.807) is 30.5 Å². The molecular formula is C10H10N2O2. The lowest BCUT2D eigenvalue weighted by Crippen LogP contribution is -1.88. The molecular weight excluding hydrogens is 180 g/mol. The van der Waals surface area contributed by atoms with Crippen molar-refractivity contribution in [3.63, 3.8) is 0 Å². The van der Waals surface area contributed by atoms with Crippen LogP contribution in [0, 0.1) is 6.92 Å². The average Bonchev–Trinajstić information content (AvgIpc) is 2.56. The fraction of sp³-hybridized carbons (Fsp3) is 0.100. The van der Waals surface area contributed by atoms with Gasteiger partial charge in [0.2, 0.25) is 0 Å². The molecule has 0 saturated heterocycles. The summed E-state index contributed by atoms with van der Waals surface area (Å²) >= 11 is 0. The average molecular weight is 190 g/mol. The van der Waals surface area contributed by atoms with Gasteiger partial charge in [0.25, 0.3) is 0 Å². The number of aryl methyl sites for hydroxylation is 1. The first kappa shape index (κ1) is 8.62. The zero-order valence-corrected chi connectivity index (χ0v) is 7.69. The molecule has 2 rings (SSSR count). The number of aromatic nitrogens is 1. The molecule has 0 atom stereocenters. The van der Waals surface area contributed by atoms with Gasteiger partial charge in [-0.05, 0) is 31.2 Å². The molecule has 0 saturated carbocycles. The maximum atomic E-state index is 9.08. The summed E-state index contributed by atoms with van der Waals surface area (Å²) in [5.74, 6) is 0.982. The molecule has 14 heavy (non-hydrogen) atoms. The van der Waals surface area contributed by atoms with Crippen LogP contribution in [0.2, 0.25) is 0 Å². The number of phenols is 1. The maximum absolute atomic E-state index is 9.08.